The van der Waals surface area contributed by atoms with E-state index in [-0.39, 0.29) is 22.8 Å². The summed E-state index contributed by atoms with van der Waals surface area (Å²) < 4.78 is 5.15. The van der Waals surface area contributed by atoms with E-state index < -0.39 is 0 Å². The van der Waals surface area contributed by atoms with E-state index in [0.717, 1.165) is 0 Å². The van der Waals surface area contributed by atoms with Crippen molar-refractivity contribution in [1.29, 1.82) is 5.26 Å². The molecule has 0 fully saturated rings. The van der Waals surface area contributed by atoms with Gasteiger partial charge in [-0.15, -0.1) is 0 Å². The third-order valence-corrected chi connectivity index (χ3v) is 1.77. The fourth-order valence-corrected chi connectivity index (χ4v) is 1.13. The summed E-state index contributed by atoms with van der Waals surface area (Å²) in [6.45, 7) is 3.19. The van der Waals surface area contributed by atoms with Gasteiger partial charge >= 0.3 is 0 Å². The first kappa shape index (κ1) is 9.33. The first-order chi connectivity index (χ1) is 6.11. The predicted molar refractivity (Wildman–Crippen MR) is 47.2 cm³/mol. The van der Waals surface area contributed by atoms with Gasteiger partial charge in [-0.2, -0.15) is 5.26 Å². The molecule has 0 saturated carbocycles. The Bertz CT molecular complexity index is 385. The van der Waals surface area contributed by atoms with Gasteiger partial charge in [0.25, 0.3) is 0 Å². The van der Waals surface area contributed by atoms with Crippen LogP contribution < -0.4 is 5.73 Å². The van der Waals surface area contributed by atoms with Crippen molar-refractivity contribution in [2.45, 2.75) is 20.3 Å². The fourth-order valence-electron chi connectivity index (χ4n) is 1.13. The zero-order valence-electron chi connectivity index (χ0n) is 7.55. The molecule has 0 aromatic carbocycles. The van der Waals surface area contributed by atoms with Gasteiger partial charge in [0.15, 0.2) is 11.5 Å². The van der Waals surface area contributed by atoms with Gasteiger partial charge in [-0.05, 0) is 0 Å². The van der Waals surface area contributed by atoms with E-state index in [4.69, 9.17) is 15.4 Å². The molecule has 1 aromatic rings. The molecule has 68 valence electrons. The molecule has 0 amide bonds. The van der Waals surface area contributed by atoms with Gasteiger partial charge in [0.2, 0.25) is 0 Å². The average Bonchev–Trinajstić information content (AvgIpc) is 2.41. The van der Waals surface area contributed by atoms with Gasteiger partial charge < -0.3 is 10.2 Å². The monoisotopic (exact) mass is 178 g/mol. The Hall–Kier alpha value is -1.76. The van der Waals surface area contributed by atoms with Crippen LogP contribution in [0.25, 0.3) is 0 Å². The lowest BCUT2D eigenvalue weighted by atomic mass is 10.2. The molecular weight excluding hydrogens is 168 g/mol. The lowest BCUT2D eigenvalue weighted by Gasteiger charge is -1.88. The predicted octanol–water partition coefficient (Wildman–Crippen LogP) is 1.50. The molecule has 0 aliphatic rings. The fraction of sp³-hybridized carbons (Fsp3) is 0.333. The topological polar surface area (TPSA) is 80.0 Å². The highest BCUT2D eigenvalue weighted by Gasteiger charge is 2.19. The molecule has 13 heavy (non-hydrogen) atoms. The molecule has 0 atom stereocenters. The second-order valence-corrected chi connectivity index (χ2v) is 2.66. The van der Waals surface area contributed by atoms with E-state index in [2.05, 4.69) is 0 Å². The zero-order valence-corrected chi connectivity index (χ0v) is 7.55. The number of nitrogens with two attached hydrogens (primary N) is 1. The molecule has 1 heterocycles. The van der Waals surface area contributed by atoms with Gasteiger partial charge in [-0.1, -0.05) is 6.92 Å². The van der Waals surface area contributed by atoms with E-state index in [0.29, 0.717) is 12.2 Å². The van der Waals surface area contributed by atoms with Crippen molar-refractivity contribution in [3.63, 3.8) is 0 Å². The highest BCUT2D eigenvalue weighted by molar-refractivity contribution is 5.97. The van der Waals surface area contributed by atoms with Gasteiger partial charge in [0.05, 0.1) is 0 Å². The van der Waals surface area contributed by atoms with Crippen LogP contribution in [0.15, 0.2) is 4.42 Å². The molecule has 1 aromatic heterocycles. The Morgan fingerprint density at radius 1 is 1.69 bits per heavy atom. The number of hydrogen-bond donors (Lipinski definition) is 1. The number of anilines is 1. The minimum atomic E-state index is -0.256. The number of furan rings is 1. The van der Waals surface area contributed by atoms with Crippen molar-refractivity contribution in [2.24, 2.45) is 0 Å². The third kappa shape index (κ3) is 1.41. The number of carbonyl (C=O) groups is 1. The molecule has 0 radical (unpaired) electrons. The summed E-state index contributed by atoms with van der Waals surface area (Å²) in [5, 5.41) is 8.72. The highest BCUT2D eigenvalue weighted by atomic mass is 16.3. The number of hydrogen-bond acceptors (Lipinski definition) is 4. The molecule has 0 unspecified atom stereocenters. The zero-order chi connectivity index (χ0) is 10.0. The molecule has 0 saturated heterocycles. The number of nitrogen functional groups attached to an aromatic ring is 1. The number of Topliss-reactive ketones (excluding diaryl/α,β-unsaturated/α-hetero) is 1. The lowest BCUT2D eigenvalue weighted by Crippen LogP contribution is -1.96. The van der Waals surface area contributed by atoms with Crippen molar-refractivity contribution in [3.05, 3.63) is 17.1 Å². The van der Waals surface area contributed by atoms with Crippen LogP contribution in [0, 0.1) is 11.3 Å². The molecule has 2 N–H and O–H groups in total. The number of nitrogens with zero attached hydrogens (tertiary/aromatic N) is 1. The van der Waals surface area contributed by atoms with E-state index in [1.165, 1.54) is 6.92 Å². The molecule has 4 heteroatoms. The number of nitriles is 1. The molecule has 0 aliphatic heterocycles. The van der Waals surface area contributed by atoms with E-state index >= 15 is 0 Å². The largest absolute Gasteiger partial charge is 0.454 e. The second kappa shape index (κ2) is 3.31. The van der Waals surface area contributed by atoms with Crippen LogP contribution in [-0.2, 0) is 6.42 Å². The summed E-state index contributed by atoms with van der Waals surface area (Å²) in [6, 6.07) is 1.92. The van der Waals surface area contributed by atoms with Crippen LogP contribution in [0.5, 0.6) is 0 Å². The van der Waals surface area contributed by atoms with Crippen LogP contribution in [0.2, 0.25) is 0 Å². The summed E-state index contributed by atoms with van der Waals surface area (Å²) in [6.07, 6.45) is 0.556. The van der Waals surface area contributed by atoms with Gasteiger partial charge in [-0.3, -0.25) is 4.79 Å². The summed E-state index contributed by atoms with van der Waals surface area (Å²) in [5.74, 6) is 0.312. The Morgan fingerprint density at radius 2 is 2.31 bits per heavy atom. The lowest BCUT2D eigenvalue weighted by molar-refractivity contribution is 0.0987. The summed E-state index contributed by atoms with van der Waals surface area (Å²) in [4.78, 5) is 11.0. The molecule has 1 rings (SSSR count). The molecule has 4 nitrogen and oxygen atoms in total. The Balaban J connectivity index is 3.37. The minimum absolute atomic E-state index is 0.0911. The van der Waals surface area contributed by atoms with Crippen LogP contribution >= 0.6 is 0 Å². The molecular formula is C9H10N2O2. The van der Waals surface area contributed by atoms with Crippen molar-refractivity contribution in [1.82, 2.24) is 0 Å². The summed E-state index contributed by atoms with van der Waals surface area (Å²) >= 11 is 0. The molecule has 0 bridgehead atoms. The SMILES string of the molecule is CCc1oc(C(C)=O)c(N)c1C#N. The Kier molecular flexibility index (Phi) is 2.38. The number of rotatable bonds is 2. The average molecular weight is 178 g/mol. The van der Waals surface area contributed by atoms with Crippen molar-refractivity contribution < 1.29 is 9.21 Å². The molecule has 0 spiro atoms. The van der Waals surface area contributed by atoms with Crippen LogP contribution in [-0.4, -0.2) is 5.78 Å². The second-order valence-electron chi connectivity index (χ2n) is 2.66. The Morgan fingerprint density at radius 3 is 2.62 bits per heavy atom. The van der Waals surface area contributed by atoms with Crippen LogP contribution in [0.3, 0.4) is 0 Å². The standard InChI is InChI=1S/C9H10N2O2/c1-3-7-6(4-10)8(11)9(13-7)5(2)12/h3,11H2,1-2H3. The maximum absolute atomic E-state index is 11.0. The molecule has 0 aliphatic carbocycles. The number of ketones is 1. The van der Waals surface area contributed by atoms with E-state index in [1.807, 2.05) is 13.0 Å². The van der Waals surface area contributed by atoms with E-state index in [9.17, 15) is 4.79 Å². The number of aryl methyl sites for hydroxylation is 1. The first-order valence-electron chi connectivity index (χ1n) is 3.94. The smallest absolute Gasteiger partial charge is 0.197 e. The quantitative estimate of drug-likeness (QED) is 0.696. The maximum atomic E-state index is 11.0. The van der Waals surface area contributed by atoms with Crippen molar-refractivity contribution in [2.75, 3.05) is 5.73 Å². The number of carbonyl (C=O) groups excluding carboxylic acids is 1. The van der Waals surface area contributed by atoms with Gasteiger partial charge in [-0.25, -0.2) is 0 Å². The third-order valence-electron chi connectivity index (χ3n) is 1.77. The Labute approximate surface area is 75.9 Å². The van der Waals surface area contributed by atoms with Gasteiger partial charge in [0, 0.05) is 13.3 Å². The van der Waals surface area contributed by atoms with Crippen molar-refractivity contribution in [3.8, 4) is 6.07 Å². The van der Waals surface area contributed by atoms with Crippen LogP contribution in [0.1, 0.15) is 35.7 Å². The summed E-state index contributed by atoms with van der Waals surface area (Å²) in [7, 11) is 0. The normalized spacial score (nSPS) is 9.62. The summed E-state index contributed by atoms with van der Waals surface area (Å²) in [5.41, 5.74) is 6.00. The van der Waals surface area contributed by atoms with Crippen LogP contribution in [0.4, 0.5) is 5.69 Å². The van der Waals surface area contributed by atoms with Crippen molar-refractivity contribution >= 4 is 11.5 Å². The first-order valence-corrected chi connectivity index (χ1v) is 3.94. The maximum Gasteiger partial charge on any atom is 0.197 e. The minimum Gasteiger partial charge on any atom is -0.454 e. The van der Waals surface area contributed by atoms with E-state index in [1.54, 1.807) is 0 Å². The van der Waals surface area contributed by atoms with Gasteiger partial charge in [0.1, 0.15) is 23.1 Å². The highest BCUT2D eigenvalue weighted by Crippen LogP contribution is 2.25.